The predicted molar refractivity (Wildman–Crippen MR) is 83.5 cm³/mol. The van der Waals surface area contributed by atoms with Crippen LogP contribution in [-0.2, 0) is 7.05 Å². The smallest absolute Gasteiger partial charge is 0.252 e. The lowest BCUT2D eigenvalue weighted by molar-refractivity contribution is 0.600. The number of nitrogens with zero attached hydrogens (tertiary/aromatic N) is 2. The number of fused-ring (bicyclic) bond motifs is 1. The molecule has 1 fully saturated rings. The molecule has 4 nitrogen and oxygen atoms in total. The molecule has 0 aliphatic carbocycles. The fourth-order valence-electron chi connectivity index (χ4n) is 3.05. The molecule has 4 heteroatoms. The summed E-state index contributed by atoms with van der Waals surface area (Å²) in [5, 5.41) is 4.64. The van der Waals surface area contributed by atoms with E-state index in [0.717, 1.165) is 29.7 Å². The van der Waals surface area contributed by atoms with E-state index < -0.39 is 0 Å². The normalized spacial score (nSPS) is 18.6. The summed E-state index contributed by atoms with van der Waals surface area (Å²) in [4.78, 5) is 14.3. The van der Waals surface area contributed by atoms with Gasteiger partial charge in [-0.2, -0.15) is 0 Å². The van der Waals surface area contributed by atoms with Crippen molar-refractivity contribution in [1.82, 2.24) is 9.88 Å². The van der Waals surface area contributed by atoms with Crippen molar-refractivity contribution in [2.45, 2.75) is 18.9 Å². The van der Waals surface area contributed by atoms with E-state index in [2.05, 4.69) is 23.3 Å². The second-order valence-corrected chi connectivity index (χ2v) is 5.62. The number of para-hydroxylation sites is 1. The zero-order valence-corrected chi connectivity index (χ0v) is 12.1. The van der Waals surface area contributed by atoms with Crippen molar-refractivity contribution in [2.75, 3.05) is 25.0 Å². The number of benzene rings is 1. The van der Waals surface area contributed by atoms with Gasteiger partial charge in [0.2, 0.25) is 0 Å². The molecule has 1 aliphatic rings. The number of aryl methyl sites for hydroxylation is 1. The van der Waals surface area contributed by atoms with Crippen LogP contribution in [0.25, 0.3) is 10.9 Å². The lowest BCUT2D eigenvalue weighted by Crippen LogP contribution is -2.36. The molecule has 1 aliphatic heterocycles. The largest absolute Gasteiger partial charge is 0.372 e. The summed E-state index contributed by atoms with van der Waals surface area (Å²) < 4.78 is 1.71. The first kappa shape index (κ1) is 13.2. The predicted octanol–water partition coefficient (Wildman–Crippen LogP) is 1.73. The lowest BCUT2D eigenvalue weighted by atomic mass is 10.1. The van der Waals surface area contributed by atoms with E-state index in [4.69, 9.17) is 0 Å². The molecule has 1 aromatic carbocycles. The number of pyridine rings is 1. The highest BCUT2D eigenvalue weighted by atomic mass is 16.1. The Labute approximate surface area is 119 Å². The van der Waals surface area contributed by atoms with E-state index in [1.165, 1.54) is 12.8 Å². The number of nitrogens with one attached hydrogen (secondary N) is 1. The second kappa shape index (κ2) is 5.29. The molecule has 2 aromatic rings. The molecule has 1 N–H and O–H groups in total. The zero-order valence-electron chi connectivity index (χ0n) is 12.1. The molecule has 0 spiro atoms. The van der Waals surface area contributed by atoms with Crippen LogP contribution < -0.4 is 15.8 Å². The molecule has 106 valence electrons. The SMILES string of the molecule is CN(CC1CCCN1)c1cc(=O)n(C)c2ccccc12. The Hall–Kier alpha value is -1.81. The monoisotopic (exact) mass is 271 g/mol. The van der Waals surface area contributed by atoms with Crippen LogP contribution in [0.3, 0.4) is 0 Å². The van der Waals surface area contributed by atoms with Gasteiger partial charge < -0.3 is 14.8 Å². The summed E-state index contributed by atoms with van der Waals surface area (Å²) in [5.41, 5.74) is 2.06. The van der Waals surface area contributed by atoms with Crippen LogP contribution in [0, 0.1) is 0 Å². The van der Waals surface area contributed by atoms with Crippen LogP contribution in [0.15, 0.2) is 35.1 Å². The molecule has 1 saturated heterocycles. The van der Waals surface area contributed by atoms with E-state index in [-0.39, 0.29) is 5.56 Å². The van der Waals surface area contributed by atoms with E-state index in [9.17, 15) is 4.79 Å². The molecular formula is C16H21N3O. The number of hydrogen-bond donors (Lipinski definition) is 1. The van der Waals surface area contributed by atoms with Crippen LogP contribution in [0.1, 0.15) is 12.8 Å². The minimum atomic E-state index is 0.0462. The van der Waals surface area contributed by atoms with Crippen molar-refractivity contribution >= 4 is 16.6 Å². The van der Waals surface area contributed by atoms with Gasteiger partial charge in [0.05, 0.1) is 11.2 Å². The molecule has 0 radical (unpaired) electrons. The molecule has 3 rings (SSSR count). The fourth-order valence-corrected chi connectivity index (χ4v) is 3.05. The summed E-state index contributed by atoms with van der Waals surface area (Å²) in [5.74, 6) is 0. The number of rotatable bonds is 3. The Balaban J connectivity index is 2.01. The third-order valence-corrected chi connectivity index (χ3v) is 4.20. The topological polar surface area (TPSA) is 37.3 Å². The van der Waals surface area contributed by atoms with Crippen molar-refractivity contribution in [3.63, 3.8) is 0 Å². The Bertz CT molecular complexity index is 671. The summed E-state index contributed by atoms with van der Waals surface area (Å²) in [6.45, 7) is 2.05. The Morgan fingerprint density at radius 2 is 2.20 bits per heavy atom. The van der Waals surface area contributed by atoms with Crippen LogP contribution in [-0.4, -0.2) is 30.7 Å². The minimum absolute atomic E-state index is 0.0462. The molecule has 20 heavy (non-hydrogen) atoms. The van der Waals surface area contributed by atoms with Crippen LogP contribution in [0.5, 0.6) is 0 Å². The Morgan fingerprint density at radius 3 is 2.95 bits per heavy atom. The van der Waals surface area contributed by atoms with Gasteiger partial charge in [-0.3, -0.25) is 4.79 Å². The van der Waals surface area contributed by atoms with Gasteiger partial charge in [-0.1, -0.05) is 18.2 Å². The molecule has 0 bridgehead atoms. The van der Waals surface area contributed by atoms with Gasteiger partial charge in [-0.05, 0) is 25.5 Å². The molecule has 1 aromatic heterocycles. The van der Waals surface area contributed by atoms with Gasteiger partial charge in [0.15, 0.2) is 0 Å². The first-order valence-electron chi connectivity index (χ1n) is 7.20. The zero-order chi connectivity index (χ0) is 14.1. The van der Waals surface area contributed by atoms with E-state index in [1.54, 1.807) is 10.6 Å². The van der Waals surface area contributed by atoms with Gasteiger partial charge in [0.25, 0.3) is 5.56 Å². The van der Waals surface area contributed by atoms with Crippen molar-refractivity contribution in [3.8, 4) is 0 Å². The Morgan fingerprint density at radius 1 is 1.40 bits per heavy atom. The van der Waals surface area contributed by atoms with Crippen LogP contribution >= 0.6 is 0 Å². The van der Waals surface area contributed by atoms with Crippen molar-refractivity contribution < 1.29 is 0 Å². The van der Waals surface area contributed by atoms with Gasteiger partial charge in [-0.15, -0.1) is 0 Å². The maximum atomic E-state index is 12.1. The summed E-state index contributed by atoms with van der Waals surface area (Å²) >= 11 is 0. The van der Waals surface area contributed by atoms with Crippen molar-refractivity contribution in [3.05, 3.63) is 40.7 Å². The Kier molecular flexibility index (Phi) is 3.49. The summed E-state index contributed by atoms with van der Waals surface area (Å²) in [6.07, 6.45) is 2.46. The number of hydrogen-bond acceptors (Lipinski definition) is 3. The standard InChI is InChI=1S/C16H21N3O/c1-18(11-12-6-5-9-17-12)15-10-16(20)19(2)14-8-4-3-7-13(14)15/h3-4,7-8,10,12,17H,5-6,9,11H2,1-2H3. The van der Waals surface area contributed by atoms with E-state index in [1.807, 2.05) is 25.2 Å². The number of aromatic nitrogens is 1. The average Bonchev–Trinajstić information content (AvgIpc) is 2.95. The maximum absolute atomic E-state index is 12.1. The van der Waals surface area contributed by atoms with E-state index >= 15 is 0 Å². The van der Waals surface area contributed by atoms with Crippen LogP contribution in [0.2, 0.25) is 0 Å². The second-order valence-electron chi connectivity index (χ2n) is 5.62. The molecule has 1 atom stereocenters. The van der Waals surface area contributed by atoms with Gasteiger partial charge in [0.1, 0.15) is 0 Å². The molecule has 0 saturated carbocycles. The summed E-state index contributed by atoms with van der Waals surface area (Å²) in [6, 6.07) is 10.4. The van der Waals surface area contributed by atoms with Crippen LogP contribution in [0.4, 0.5) is 5.69 Å². The van der Waals surface area contributed by atoms with Crippen molar-refractivity contribution in [2.24, 2.45) is 7.05 Å². The molecule has 1 unspecified atom stereocenters. The first-order chi connectivity index (χ1) is 9.66. The highest BCUT2D eigenvalue weighted by Crippen LogP contribution is 2.24. The number of anilines is 1. The quantitative estimate of drug-likeness (QED) is 0.923. The van der Waals surface area contributed by atoms with Gasteiger partial charge in [0, 0.05) is 38.1 Å². The maximum Gasteiger partial charge on any atom is 0.252 e. The van der Waals surface area contributed by atoms with Gasteiger partial charge in [-0.25, -0.2) is 0 Å². The fraction of sp³-hybridized carbons (Fsp3) is 0.438. The van der Waals surface area contributed by atoms with Gasteiger partial charge >= 0.3 is 0 Å². The highest BCUT2D eigenvalue weighted by Gasteiger charge is 2.18. The third-order valence-electron chi connectivity index (χ3n) is 4.20. The lowest BCUT2D eigenvalue weighted by Gasteiger charge is -2.25. The summed E-state index contributed by atoms with van der Waals surface area (Å²) in [7, 11) is 3.90. The third kappa shape index (κ3) is 2.31. The molecule has 2 heterocycles. The average molecular weight is 271 g/mol. The first-order valence-corrected chi connectivity index (χ1v) is 7.20. The highest BCUT2D eigenvalue weighted by molar-refractivity contribution is 5.91. The van der Waals surface area contributed by atoms with E-state index in [0.29, 0.717) is 6.04 Å². The molecular weight excluding hydrogens is 250 g/mol. The van der Waals surface area contributed by atoms with Crippen molar-refractivity contribution in [1.29, 1.82) is 0 Å². The number of likely N-dealkylation sites (N-methyl/N-ethyl adjacent to an activating group) is 1. The molecule has 0 amide bonds. The minimum Gasteiger partial charge on any atom is -0.372 e.